The molecular formula is C21H27ClN4O3S. The molecule has 1 aromatic carbocycles. The minimum absolute atomic E-state index is 0.106. The lowest BCUT2D eigenvalue weighted by Crippen LogP contribution is -2.44. The summed E-state index contributed by atoms with van der Waals surface area (Å²) in [6.07, 6.45) is 0.504. The normalized spacial score (nSPS) is 20.5. The highest BCUT2D eigenvalue weighted by Gasteiger charge is 2.23. The van der Waals surface area contributed by atoms with Crippen molar-refractivity contribution >= 4 is 39.9 Å². The number of anilines is 1. The third-order valence-corrected chi connectivity index (χ3v) is 5.78. The average molecular weight is 451 g/mol. The summed E-state index contributed by atoms with van der Waals surface area (Å²) in [7, 11) is 0. The maximum atomic E-state index is 12.6. The van der Waals surface area contributed by atoms with Gasteiger partial charge in [0.05, 0.1) is 30.4 Å². The zero-order valence-corrected chi connectivity index (χ0v) is 18.9. The lowest BCUT2D eigenvalue weighted by atomic mass is 10.0. The molecule has 0 saturated carbocycles. The van der Waals surface area contributed by atoms with Gasteiger partial charge in [0.1, 0.15) is 0 Å². The lowest BCUT2D eigenvalue weighted by Gasteiger charge is -2.34. The van der Waals surface area contributed by atoms with Gasteiger partial charge in [0.15, 0.2) is 5.13 Å². The van der Waals surface area contributed by atoms with Crippen LogP contribution >= 0.6 is 22.9 Å². The number of carbonyl (C=O) groups is 2. The number of nitrogens with zero attached hydrogens (tertiary/aromatic N) is 2. The van der Waals surface area contributed by atoms with Gasteiger partial charge in [-0.1, -0.05) is 23.7 Å². The van der Waals surface area contributed by atoms with Crippen molar-refractivity contribution in [3.63, 3.8) is 0 Å². The molecule has 3 rings (SSSR count). The summed E-state index contributed by atoms with van der Waals surface area (Å²) in [5.74, 6) is -0.411. The maximum Gasteiger partial charge on any atom is 0.228 e. The number of carbonyl (C=O) groups excluding carboxylic acids is 2. The second-order valence-corrected chi connectivity index (χ2v) is 8.95. The minimum atomic E-state index is -0.435. The number of thiazole rings is 1. The van der Waals surface area contributed by atoms with Crippen LogP contribution in [0.2, 0.25) is 5.02 Å². The van der Waals surface area contributed by atoms with E-state index in [1.165, 1.54) is 18.3 Å². The van der Waals surface area contributed by atoms with Gasteiger partial charge in [0.2, 0.25) is 11.8 Å². The second-order valence-electron chi connectivity index (χ2n) is 7.65. The lowest BCUT2D eigenvalue weighted by molar-refractivity contribution is -0.120. The predicted molar refractivity (Wildman–Crippen MR) is 119 cm³/mol. The van der Waals surface area contributed by atoms with Crippen LogP contribution in [0.4, 0.5) is 5.13 Å². The standard InChI is InChI=1S/C21H27ClN4O3S/c1-13-9-26(10-14(2)29-13)11-18-12-30-21(24-18)25-20(28)8-19(23-15(3)27)16-4-6-17(22)7-5-16/h4-7,12-14,19H,8-11H2,1-3H3,(H,23,27)(H,24,25,28)/t13-,14+,19-/m0/s1. The number of aromatic nitrogens is 1. The van der Waals surface area contributed by atoms with Crippen molar-refractivity contribution in [2.45, 2.75) is 52.0 Å². The fraction of sp³-hybridized carbons (Fsp3) is 0.476. The summed E-state index contributed by atoms with van der Waals surface area (Å²) in [4.78, 5) is 31.0. The van der Waals surface area contributed by atoms with Crippen LogP contribution in [0.1, 0.15) is 44.5 Å². The number of hydrogen-bond acceptors (Lipinski definition) is 6. The summed E-state index contributed by atoms with van der Waals surface area (Å²) in [5, 5.41) is 8.79. The first-order valence-electron chi connectivity index (χ1n) is 9.93. The number of halogens is 1. The molecule has 7 nitrogen and oxygen atoms in total. The molecule has 1 aromatic heterocycles. The Bertz CT molecular complexity index is 863. The Hall–Kier alpha value is -2.00. The van der Waals surface area contributed by atoms with Crippen molar-refractivity contribution in [1.29, 1.82) is 0 Å². The Labute approximate surface area is 185 Å². The average Bonchev–Trinajstić information content (AvgIpc) is 3.07. The van der Waals surface area contributed by atoms with Crippen molar-refractivity contribution in [3.8, 4) is 0 Å². The molecule has 30 heavy (non-hydrogen) atoms. The Balaban J connectivity index is 1.58. The number of morpholine rings is 1. The summed E-state index contributed by atoms with van der Waals surface area (Å²) in [5.41, 5.74) is 1.74. The van der Waals surface area contributed by atoms with Crippen molar-refractivity contribution in [3.05, 3.63) is 45.9 Å². The van der Waals surface area contributed by atoms with Gasteiger partial charge >= 0.3 is 0 Å². The van der Waals surface area contributed by atoms with Gasteiger partial charge in [-0.3, -0.25) is 14.5 Å². The van der Waals surface area contributed by atoms with E-state index in [4.69, 9.17) is 16.3 Å². The summed E-state index contributed by atoms with van der Waals surface area (Å²) >= 11 is 7.34. The Morgan fingerprint density at radius 2 is 1.93 bits per heavy atom. The molecule has 2 heterocycles. The molecule has 1 fully saturated rings. The zero-order valence-electron chi connectivity index (χ0n) is 17.4. The predicted octanol–water partition coefficient (Wildman–Crippen LogP) is 3.61. The fourth-order valence-corrected chi connectivity index (χ4v) is 4.47. The van der Waals surface area contributed by atoms with Crippen LogP contribution in [-0.2, 0) is 20.9 Å². The van der Waals surface area contributed by atoms with Gasteiger partial charge in [-0.05, 0) is 31.5 Å². The van der Waals surface area contributed by atoms with E-state index in [0.717, 1.165) is 30.9 Å². The largest absolute Gasteiger partial charge is 0.373 e. The molecule has 1 saturated heterocycles. The maximum absolute atomic E-state index is 12.6. The van der Waals surface area contributed by atoms with Gasteiger partial charge in [-0.15, -0.1) is 11.3 Å². The van der Waals surface area contributed by atoms with Crippen molar-refractivity contribution in [1.82, 2.24) is 15.2 Å². The van der Waals surface area contributed by atoms with Crippen molar-refractivity contribution in [2.24, 2.45) is 0 Å². The van der Waals surface area contributed by atoms with E-state index >= 15 is 0 Å². The van der Waals surface area contributed by atoms with Crippen LogP contribution in [0.5, 0.6) is 0 Å². The van der Waals surface area contributed by atoms with Crippen LogP contribution in [-0.4, -0.2) is 47.0 Å². The Morgan fingerprint density at radius 1 is 1.27 bits per heavy atom. The molecule has 0 spiro atoms. The summed E-state index contributed by atoms with van der Waals surface area (Å²) < 4.78 is 5.77. The Kier molecular flexibility index (Phi) is 7.82. The summed E-state index contributed by atoms with van der Waals surface area (Å²) in [6.45, 7) is 8.03. The van der Waals surface area contributed by atoms with Gasteiger partial charge in [-0.25, -0.2) is 4.98 Å². The first kappa shape index (κ1) is 22.7. The molecule has 0 radical (unpaired) electrons. The smallest absolute Gasteiger partial charge is 0.228 e. The molecule has 1 aliphatic heterocycles. The van der Waals surface area contributed by atoms with E-state index in [1.54, 1.807) is 12.1 Å². The quantitative estimate of drug-likeness (QED) is 0.673. The first-order valence-corrected chi connectivity index (χ1v) is 11.2. The zero-order chi connectivity index (χ0) is 21.7. The number of hydrogen-bond donors (Lipinski definition) is 2. The number of benzene rings is 1. The number of amides is 2. The molecule has 2 amide bonds. The van der Waals surface area contributed by atoms with E-state index < -0.39 is 6.04 Å². The molecule has 3 atom stereocenters. The van der Waals surface area contributed by atoms with Gasteiger partial charge < -0.3 is 15.4 Å². The van der Waals surface area contributed by atoms with E-state index in [9.17, 15) is 9.59 Å². The van der Waals surface area contributed by atoms with Crippen LogP contribution in [0, 0.1) is 0 Å². The van der Waals surface area contributed by atoms with Gasteiger partial charge in [-0.2, -0.15) is 0 Å². The number of nitrogens with one attached hydrogen (secondary N) is 2. The molecule has 162 valence electrons. The second kappa shape index (κ2) is 10.3. The third kappa shape index (κ3) is 6.77. The van der Waals surface area contributed by atoms with E-state index in [2.05, 4.69) is 34.4 Å². The highest BCUT2D eigenvalue weighted by atomic mass is 35.5. The SMILES string of the molecule is CC(=O)N[C@@H](CC(=O)Nc1nc(CN2C[C@@H](C)O[C@@H](C)C2)cs1)c1ccc(Cl)cc1. The molecule has 2 aromatic rings. The van der Waals surface area contributed by atoms with Crippen molar-refractivity contribution < 1.29 is 14.3 Å². The fourth-order valence-electron chi connectivity index (χ4n) is 3.63. The molecule has 0 aliphatic carbocycles. The van der Waals surface area contributed by atoms with Crippen LogP contribution in [0.25, 0.3) is 0 Å². The Morgan fingerprint density at radius 3 is 2.57 bits per heavy atom. The molecule has 0 unspecified atom stereocenters. The van der Waals surface area contributed by atoms with Crippen LogP contribution in [0.15, 0.2) is 29.6 Å². The minimum Gasteiger partial charge on any atom is -0.373 e. The van der Waals surface area contributed by atoms with E-state index in [1.807, 2.05) is 17.5 Å². The number of ether oxygens (including phenoxy) is 1. The molecule has 1 aliphatic rings. The molecule has 2 N–H and O–H groups in total. The van der Waals surface area contributed by atoms with Crippen molar-refractivity contribution in [2.75, 3.05) is 18.4 Å². The van der Waals surface area contributed by atoms with Crippen LogP contribution in [0.3, 0.4) is 0 Å². The highest BCUT2D eigenvalue weighted by Crippen LogP contribution is 2.22. The first-order chi connectivity index (χ1) is 14.3. The molecule has 0 bridgehead atoms. The van der Waals surface area contributed by atoms with Gasteiger partial charge in [0.25, 0.3) is 0 Å². The van der Waals surface area contributed by atoms with Crippen LogP contribution < -0.4 is 10.6 Å². The monoisotopic (exact) mass is 450 g/mol. The highest BCUT2D eigenvalue weighted by molar-refractivity contribution is 7.13. The molecular weight excluding hydrogens is 424 g/mol. The van der Waals surface area contributed by atoms with E-state index in [-0.39, 0.29) is 30.4 Å². The van der Waals surface area contributed by atoms with E-state index in [0.29, 0.717) is 10.2 Å². The topological polar surface area (TPSA) is 83.6 Å². The summed E-state index contributed by atoms with van der Waals surface area (Å²) in [6, 6.07) is 6.66. The van der Waals surface area contributed by atoms with Gasteiger partial charge in [0, 0.05) is 37.0 Å². The molecule has 9 heteroatoms. The third-order valence-electron chi connectivity index (χ3n) is 4.72. The number of rotatable bonds is 7.